The zero-order chi connectivity index (χ0) is 85.1. The number of anilines is 8. The predicted octanol–water partition coefficient (Wildman–Crippen LogP) is 12.1. The molecule has 0 spiro atoms. The Morgan fingerprint density at radius 2 is 0.736 bits per heavy atom. The Labute approximate surface area is 756 Å². The van der Waals surface area contributed by atoms with Gasteiger partial charge >= 0.3 is 30.2 Å². The van der Waals surface area contributed by atoms with Gasteiger partial charge in [0.05, 0.1) is 78.0 Å². The summed E-state index contributed by atoms with van der Waals surface area (Å²) < 4.78 is 63.6. The van der Waals surface area contributed by atoms with Gasteiger partial charge in [0, 0.05) is 135 Å². The van der Waals surface area contributed by atoms with Crippen molar-refractivity contribution in [3.8, 4) is 0 Å². The molecule has 8 rings (SSSR count). The third-order valence-corrected chi connectivity index (χ3v) is 17.4. The van der Waals surface area contributed by atoms with Crippen LogP contribution in [0, 0.1) is 62.2 Å². The number of ether oxygens (including phenoxy) is 4. The average molecular weight is 2180 g/mol. The fourth-order valence-corrected chi connectivity index (χ4v) is 11.0. The number of unbranched alkanes of at least 4 members (excludes halogenated alkanes) is 1. The van der Waals surface area contributed by atoms with Crippen LogP contribution in [0.15, 0.2) is 192 Å². The Morgan fingerprint density at radius 3 is 1.06 bits per heavy atom. The molecule has 34 nitrogen and oxygen atoms in total. The first-order valence-electron chi connectivity index (χ1n) is 35.9. The molecule has 0 aliphatic heterocycles. The molecule has 0 saturated carbocycles. The maximum Gasteiger partial charge on any atom is 0.414 e. The molecule has 0 bridgehead atoms. The van der Waals surface area contributed by atoms with Gasteiger partial charge in [-0.1, -0.05) is 87.6 Å². The molecule has 652 valence electrons. The summed E-state index contributed by atoms with van der Waals surface area (Å²) >= 11 is 0. The number of carbonyl (C=O) groups is 6. The van der Waals surface area contributed by atoms with Crippen molar-refractivity contribution in [1.29, 1.82) is 0 Å². The molecule has 0 aromatic heterocycles. The van der Waals surface area contributed by atoms with E-state index in [1.807, 2.05) is 127 Å². The summed E-state index contributed by atoms with van der Waals surface area (Å²) in [6, 6.07) is 52.0. The van der Waals surface area contributed by atoms with E-state index in [-0.39, 0.29) is 150 Å². The first-order valence-corrected chi connectivity index (χ1v) is 38.8. The number of likely N-dealkylation sites (N-methyl/N-ethyl adjacent to an activating group) is 2. The number of isocyanates is 2. The third-order valence-electron chi connectivity index (χ3n) is 15.4. The zero-order valence-electron chi connectivity index (χ0n) is 67.2. The minimum absolute atomic E-state index is 0. The van der Waals surface area contributed by atoms with Crippen molar-refractivity contribution >= 4 is 131 Å². The average Bonchev–Trinajstić information content (AvgIpc) is 0.844. The number of amides is 5. The van der Waals surface area contributed by atoms with Crippen molar-refractivity contribution in [1.82, 2.24) is 0 Å². The van der Waals surface area contributed by atoms with Crippen LogP contribution in [0.1, 0.15) is 88.7 Å². The van der Waals surface area contributed by atoms with Crippen LogP contribution < -0.4 is 53.2 Å². The summed E-state index contributed by atoms with van der Waals surface area (Å²) in [4.78, 5) is 124. The second kappa shape index (κ2) is 58.7. The number of rotatable bonds is 37. The number of nitrogen functional groups attached to an aromatic ring is 2. The quantitative estimate of drug-likeness (QED) is 0.00199. The molecule has 0 aliphatic rings. The second-order valence-electron chi connectivity index (χ2n) is 27.2. The van der Waals surface area contributed by atoms with E-state index in [0.29, 0.717) is 86.1 Å². The van der Waals surface area contributed by atoms with Crippen molar-refractivity contribution in [2.45, 2.75) is 53.9 Å². The predicted molar refractivity (Wildman–Crippen MR) is 459 cm³/mol. The Kier molecular flexibility index (Phi) is 54.2. The van der Waals surface area contributed by atoms with Crippen molar-refractivity contribution in [2.75, 3.05) is 165 Å². The molecule has 0 heterocycles. The van der Waals surface area contributed by atoms with Crippen LogP contribution in [0.25, 0.3) is 0 Å². The smallest absolute Gasteiger partial charge is 0.414 e. The molecule has 0 fully saturated rings. The van der Waals surface area contributed by atoms with Gasteiger partial charge in [-0.15, -0.1) is 0 Å². The van der Waals surface area contributed by atoms with Gasteiger partial charge in [-0.3, -0.25) is 24.6 Å². The van der Waals surface area contributed by atoms with Crippen LogP contribution in [-0.2, 0) is 79.8 Å². The number of hydrogen-bond donors (Lipinski definition) is 10. The Morgan fingerprint density at radius 1 is 0.430 bits per heavy atom. The van der Waals surface area contributed by atoms with Gasteiger partial charge in [-0.25, -0.2) is 33.6 Å². The van der Waals surface area contributed by atoms with Gasteiger partial charge < -0.3 is 98.7 Å². The van der Waals surface area contributed by atoms with E-state index in [1.165, 1.54) is 49.4 Å². The number of benzene rings is 8. The van der Waals surface area contributed by atoms with Gasteiger partial charge in [0.2, 0.25) is 24.9 Å². The molecular weight excluding hydrogens is 2070 g/mol. The van der Waals surface area contributed by atoms with E-state index in [1.54, 1.807) is 73.8 Å². The van der Waals surface area contributed by atoms with Crippen molar-refractivity contribution in [2.24, 2.45) is 9.98 Å². The molecule has 12 N–H and O–H groups in total. The van der Waals surface area contributed by atoms with Crippen LogP contribution in [0.5, 0.6) is 0 Å². The number of aliphatic hydroxyl groups excluding tert-OH is 2. The summed E-state index contributed by atoms with van der Waals surface area (Å²) in [6.45, 7) is 0.760. The maximum atomic E-state index is 12.9. The Balaban J connectivity index is 0.00000216. The van der Waals surface area contributed by atoms with Crippen LogP contribution >= 0.6 is 25.5 Å². The third kappa shape index (κ3) is 48.8. The van der Waals surface area contributed by atoms with E-state index in [9.17, 15) is 57.3 Å². The summed E-state index contributed by atoms with van der Waals surface area (Å²) in [7, 11) is 4.04. The van der Waals surface area contributed by atoms with Gasteiger partial charge in [0.15, 0.2) is 0 Å². The molecule has 0 radical (unpaired) electrons. The molecular formula is C82H109N12O22P3U2. The molecule has 0 saturated heterocycles. The molecule has 121 heavy (non-hydrogen) atoms. The number of esters is 2. The standard InChI is InChI=1S/C47H54N7O12P.C15H10N2O2.C14H24N3O6P.C4H10O2.2CH4.H3P.2U/c1-32(55)49-38-14-6-33(7-15-38)26-35-10-18-40(19-11-35)52-46(58)63-31-64-47(59)53-41-20-12-36(13-21-41)27-34-8-16-39(17-9-34)50-45(57)51-43-29-37(28-42(30-43)48-2)44(56)62-24-25-66-67(60,61)65-23-22-54(3,4)5;18-10-16-14-5-1-12(2-6-14)9-13-3-7-15(8-4-13)17-11-19;1-17(2,3)4-5-22-24(19,20)23-7-6-21-14(18)11-8-12(15)10-13(16)9-11;5-3-1-2-4-6;;;;;/h6-21,28-30,48H,22-27,31H2,1-5H3,(H5-,49,50,51,52,53,55,57,58,59,60,61);1-8H,9H2;8-10H,4-7,15-16H2,1-3H3;5-6H,1-4H2;2*1H4;1H3;;. The van der Waals surface area contributed by atoms with Crippen LogP contribution in [0.3, 0.4) is 0 Å². The fraction of sp³-hybridized carbons (Fsp3) is 0.317. The number of hydrogen-bond acceptors (Lipinski definition) is 27. The number of phosphoric ester groups is 2. The minimum Gasteiger partial charge on any atom is -0.756 e. The second-order valence-corrected chi connectivity index (χ2v) is 30.0. The normalized spacial score (nSPS) is 11.3. The number of aliphatic imine (C=N–C) groups is 2. The van der Waals surface area contributed by atoms with Crippen LogP contribution in [0.2, 0.25) is 0 Å². The molecule has 8 aromatic carbocycles. The summed E-state index contributed by atoms with van der Waals surface area (Å²) in [5.41, 5.74) is 22.5. The maximum absolute atomic E-state index is 12.9. The number of phosphoric acid groups is 2. The summed E-state index contributed by atoms with van der Waals surface area (Å²) in [5, 5.41) is 32.4. The summed E-state index contributed by atoms with van der Waals surface area (Å²) in [6.07, 6.45) is 4.81. The van der Waals surface area contributed by atoms with Crippen LogP contribution in [0.4, 0.5) is 71.3 Å². The van der Waals surface area contributed by atoms with Crippen molar-refractivity contribution in [3.05, 3.63) is 226 Å². The summed E-state index contributed by atoms with van der Waals surface area (Å²) in [5.74, 6) is -1.57. The van der Waals surface area contributed by atoms with Crippen molar-refractivity contribution < 1.29 is 176 Å². The number of urea groups is 1. The van der Waals surface area contributed by atoms with Gasteiger partial charge in [-0.2, -0.15) is 19.9 Å². The molecule has 39 heteroatoms. The Bertz CT molecular complexity index is 4590. The number of nitrogens with zero attached hydrogens (tertiary/aromatic N) is 4. The van der Waals surface area contributed by atoms with Crippen LogP contribution in [-0.4, -0.2) is 189 Å². The minimum atomic E-state index is -4.57. The van der Waals surface area contributed by atoms with E-state index >= 15 is 0 Å². The fourth-order valence-electron chi connectivity index (χ4n) is 9.60. The number of nitrogens with two attached hydrogens (primary N) is 2. The number of quaternary nitrogens is 2. The first kappa shape index (κ1) is 112. The zero-order valence-corrected chi connectivity index (χ0v) is 78.8. The monoisotopic (exact) mass is 2180 g/mol. The molecule has 3 atom stereocenters. The first-order chi connectivity index (χ1) is 55.1. The van der Waals surface area contributed by atoms with E-state index in [0.717, 1.165) is 58.3 Å². The van der Waals surface area contributed by atoms with Gasteiger partial charge in [0.25, 0.3) is 15.6 Å². The number of aliphatic hydroxyl groups is 2. The Hall–Kier alpha value is -9.27. The topological polar surface area (TPSA) is 480 Å². The largest absolute Gasteiger partial charge is 0.756 e. The van der Waals surface area contributed by atoms with Gasteiger partial charge in [-0.05, 0) is 175 Å². The van der Waals surface area contributed by atoms with E-state index in [4.69, 9.17) is 54.2 Å². The molecule has 0 aliphatic carbocycles. The molecule has 8 aromatic rings. The van der Waals surface area contributed by atoms with Gasteiger partial charge in [0.1, 0.15) is 39.5 Å². The van der Waals surface area contributed by atoms with Crippen molar-refractivity contribution in [3.63, 3.8) is 0 Å². The number of carbonyl (C=O) groups excluding carboxylic acids is 8. The van der Waals surface area contributed by atoms with E-state index in [2.05, 4.69) is 46.4 Å². The SMILES string of the molecule is C.C.CNc1cc(NC(=O)Nc2ccc(Cc3ccc(NC(=O)OCOC(=O)Nc4ccc(Cc5ccc(NC(C)=O)cc5)cc4)cc3)cc2)cc(C(=O)OCCOP(=O)([O-])OCC[N+](C)(C)C)c1.C[N+](C)(C)CCOP(=O)([O-])OCCOC(=O)c1cc(N)cc(N)c1.O=C=Nc1ccc(Cc2ccc(N=C=O)cc2)cc1.OCCCCO.P.[U].[U]. The van der Waals surface area contributed by atoms with E-state index < -0.39 is 59.2 Å². The molecule has 5 amide bonds. The molecule has 3 unspecified atom stereocenters. The number of nitrogens with one attached hydrogen (secondary N) is 6.